The Morgan fingerprint density at radius 3 is 2.74 bits per heavy atom. The van der Waals surface area contributed by atoms with E-state index in [9.17, 15) is 4.79 Å². The van der Waals surface area contributed by atoms with Crippen LogP contribution in [0.25, 0.3) is 0 Å². The highest BCUT2D eigenvalue weighted by atomic mass is 35.5. The molecule has 1 amide bonds. The van der Waals surface area contributed by atoms with Crippen molar-refractivity contribution < 1.29 is 9.90 Å². The molecule has 1 heterocycles. The van der Waals surface area contributed by atoms with Gasteiger partial charge in [-0.15, -0.1) is 0 Å². The van der Waals surface area contributed by atoms with E-state index in [1.54, 1.807) is 11.8 Å². The molecule has 19 heavy (non-hydrogen) atoms. The number of nitrogens with zero attached hydrogens (tertiary/aromatic N) is 1. The lowest BCUT2D eigenvalue weighted by atomic mass is 10.3. The third-order valence-electron chi connectivity index (χ3n) is 2.11. The fourth-order valence-corrected chi connectivity index (χ4v) is 2.54. The van der Waals surface area contributed by atoms with Crippen molar-refractivity contribution >= 4 is 52.5 Å². The van der Waals surface area contributed by atoms with Gasteiger partial charge in [0.2, 0.25) is 0 Å². The number of carbonyl (C=O) groups is 1. The van der Waals surface area contributed by atoms with Gasteiger partial charge >= 0.3 is 0 Å². The number of amides is 1. The molecular formula is C11H13Cl3N2O2S. The van der Waals surface area contributed by atoms with E-state index in [0.717, 1.165) is 17.9 Å². The molecule has 0 radical (unpaired) electrons. The molecular weight excluding hydrogens is 331 g/mol. The van der Waals surface area contributed by atoms with Crippen LogP contribution in [0.1, 0.15) is 16.9 Å². The van der Waals surface area contributed by atoms with Crippen molar-refractivity contribution in [2.24, 2.45) is 0 Å². The van der Waals surface area contributed by atoms with E-state index >= 15 is 0 Å². The lowest BCUT2D eigenvalue weighted by molar-refractivity contribution is 0.0951. The molecule has 2 N–H and O–H groups in total. The molecule has 0 unspecified atom stereocenters. The molecule has 0 aliphatic heterocycles. The molecule has 0 aliphatic carbocycles. The first-order valence-corrected chi connectivity index (χ1v) is 7.83. The summed E-state index contributed by atoms with van der Waals surface area (Å²) in [6.07, 6.45) is 2.04. The largest absolute Gasteiger partial charge is 0.396 e. The third-order valence-corrected chi connectivity index (χ3v) is 4.42. The van der Waals surface area contributed by atoms with Crippen molar-refractivity contribution in [1.29, 1.82) is 0 Å². The second-order valence-electron chi connectivity index (χ2n) is 3.53. The Hall–Kier alpha value is -0.200. The fraction of sp³-hybridized carbons (Fsp3) is 0.455. The van der Waals surface area contributed by atoms with Gasteiger partial charge in [-0.3, -0.25) is 4.79 Å². The summed E-state index contributed by atoms with van der Waals surface area (Å²) in [4.78, 5) is 15.7. The maximum Gasteiger partial charge on any atom is 0.271 e. The number of aliphatic hydroxyl groups is 1. The summed E-state index contributed by atoms with van der Waals surface area (Å²) in [6.45, 7) is 0.676. The van der Waals surface area contributed by atoms with E-state index < -0.39 is 0 Å². The Labute approximate surface area is 130 Å². The van der Waals surface area contributed by atoms with Crippen molar-refractivity contribution in [2.45, 2.75) is 6.42 Å². The van der Waals surface area contributed by atoms with Crippen LogP contribution in [0.2, 0.25) is 15.1 Å². The van der Waals surface area contributed by atoms with E-state index in [1.165, 1.54) is 6.20 Å². The average molecular weight is 344 g/mol. The molecule has 1 aromatic rings. The highest BCUT2D eigenvalue weighted by Gasteiger charge is 2.16. The lowest BCUT2D eigenvalue weighted by Gasteiger charge is -2.07. The highest BCUT2D eigenvalue weighted by molar-refractivity contribution is 7.99. The second-order valence-corrected chi connectivity index (χ2v) is 5.92. The van der Waals surface area contributed by atoms with Crippen LogP contribution in [0.4, 0.5) is 0 Å². The molecule has 0 saturated carbocycles. The number of aliphatic hydroxyl groups excluding tert-OH is 1. The van der Waals surface area contributed by atoms with Gasteiger partial charge in [0.15, 0.2) is 0 Å². The zero-order valence-electron chi connectivity index (χ0n) is 9.96. The minimum atomic E-state index is -0.383. The van der Waals surface area contributed by atoms with E-state index in [0.29, 0.717) is 6.54 Å². The van der Waals surface area contributed by atoms with Crippen LogP contribution in [-0.4, -0.2) is 40.7 Å². The van der Waals surface area contributed by atoms with E-state index in [-0.39, 0.29) is 33.3 Å². The number of aromatic nitrogens is 1. The van der Waals surface area contributed by atoms with Gasteiger partial charge in [-0.05, 0) is 12.2 Å². The van der Waals surface area contributed by atoms with Crippen LogP contribution in [0.15, 0.2) is 6.20 Å². The molecule has 1 aromatic heterocycles. The summed E-state index contributed by atoms with van der Waals surface area (Å²) in [6, 6.07) is 0. The van der Waals surface area contributed by atoms with Crippen LogP contribution in [-0.2, 0) is 0 Å². The number of nitrogens with one attached hydrogen (secondary N) is 1. The number of hydrogen-bond donors (Lipinski definition) is 2. The predicted molar refractivity (Wildman–Crippen MR) is 80.6 cm³/mol. The minimum Gasteiger partial charge on any atom is -0.396 e. The topological polar surface area (TPSA) is 62.2 Å². The van der Waals surface area contributed by atoms with E-state index in [2.05, 4.69) is 10.3 Å². The van der Waals surface area contributed by atoms with E-state index in [1.807, 2.05) is 0 Å². The van der Waals surface area contributed by atoms with Crippen molar-refractivity contribution in [2.75, 3.05) is 24.7 Å². The van der Waals surface area contributed by atoms with Crippen LogP contribution in [0.5, 0.6) is 0 Å². The minimum absolute atomic E-state index is 0.0552. The highest BCUT2D eigenvalue weighted by Crippen LogP contribution is 2.30. The van der Waals surface area contributed by atoms with Gasteiger partial charge in [0, 0.05) is 25.1 Å². The second kappa shape index (κ2) is 8.87. The van der Waals surface area contributed by atoms with Crippen molar-refractivity contribution in [3.63, 3.8) is 0 Å². The Kier molecular flexibility index (Phi) is 7.87. The number of halogens is 3. The SMILES string of the molecule is O=C(NCCSCCCO)c1ncc(Cl)c(Cl)c1Cl. The predicted octanol–water partition coefficient (Wildman–Crippen LogP) is 2.89. The van der Waals surface area contributed by atoms with Gasteiger partial charge in [0.05, 0.1) is 15.1 Å². The summed E-state index contributed by atoms with van der Waals surface area (Å²) in [5.74, 6) is 1.23. The van der Waals surface area contributed by atoms with Gasteiger partial charge in [-0.1, -0.05) is 34.8 Å². The summed E-state index contributed by atoms with van der Waals surface area (Å²) in [5, 5.41) is 11.7. The molecule has 8 heteroatoms. The molecule has 0 bridgehead atoms. The summed E-state index contributed by atoms with van der Waals surface area (Å²) < 4.78 is 0. The van der Waals surface area contributed by atoms with Crippen molar-refractivity contribution in [1.82, 2.24) is 10.3 Å². The lowest BCUT2D eigenvalue weighted by Crippen LogP contribution is -2.27. The first-order valence-electron chi connectivity index (χ1n) is 5.54. The van der Waals surface area contributed by atoms with Crippen LogP contribution in [0, 0.1) is 0 Å². The van der Waals surface area contributed by atoms with Crippen LogP contribution in [0.3, 0.4) is 0 Å². The fourth-order valence-electron chi connectivity index (χ4n) is 1.19. The molecule has 0 atom stereocenters. The first kappa shape index (κ1) is 16.9. The number of rotatable bonds is 7. The molecule has 0 aliphatic rings. The smallest absolute Gasteiger partial charge is 0.271 e. The molecule has 4 nitrogen and oxygen atoms in total. The number of pyridine rings is 1. The van der Waals surface area contributed by atoms with Crippen LogP contribution >= 0.6 is 46.6 Å². The maximum atomic E-state index is 11.8. The third kappa shape index (κ3) is 5.36. The Morgan fingerprint density at radius 2 is 2.05 bits per heavy atom. The molecule has 0 saturated heterocycles. The average Bonchev–Trinajstić information content (AvgIpc) is 2.40. The van der Waals surface area contributed by atoms with E-state index in [4.69, 9.17) is 39.9 Å². The number of carbonyl (C=O) groups excluding carboxylic acids is 1. The first-order chi connectivity index (χ1) is 9.07. The van der Waals surface area contributed by atoms with Crippen molar-refractivity contribution in [3.8, 4) is 0 Å². The summed E-state index contributed by atoms with van der Waals surface area (Å²) in [5.41, 5.74) is 0.0661. The Balaban J connectivity index is 2.44. The zero-order chi connectivity index (χ0) is 14.3. The monoisotopic (exact) mass is 342 g/mol. The van der Waals surface area contributed by atoms with Crippen LogP contribution < -0.4 is 5.32 Å². The molecule has 0 fully saturated rings. The van der Waals surface area contributed by atoms with Gasteiger partial charge in [-0.2, -0.15) is 11.8 Å². The maximum absolute atomic E-state index is 11.8. The quantitative estimate of drug-likeness (QED) is 0.747. The summed E-state index contributed by atoms with van der Waals surface area (Å²) >= 11 is 19.1. The normalized spacial score (nSPS) is 10.5. The molecule has 0 spiro atoms. The zero-order valence-corrected chi connectivity index (χ0v) is 13.0. The number of hydrogen-bond acceptors (Lipinski definition) is 4. The molecule has 1 rings (SSSR count). The summed E-state index contributed by atoms with van der Waals surface area (Å²) in [7, 11) is 0. The Bertz CT molecular complexity index is 446. The van der Waals surface area contributed by atoms with Gasteiger partial charge in [-0.25, -0.2) is 4.98 Å². The molecule has 0 aromatic carbocycles. The molecule has 106 valence electrons. The number of thioether (sulfide) groups is 1. The standard InChI is InChI=1S/C11H13Cl3N2O2S/c12-7-6-16-10(9(14)8(7)13)11(18)15-2-5-19-4-1-3-17/h6,17H,1-5H2,(H,15,18). The van der Waals surface area contributed by atoms with Gasteiger partial charge in [0.1, 0.15) is 5.69 Å². The van der Waals surface area contributed by atoms with Crippen molar-refractivity contribution in [3.05, 3.63) is 27.0 Å². The van der Waals surface area contributed by atoms with Gasteiger partial charge < -0.3 is 10.4 Å². The van der Waals surface area contributed by atoms with Gasteiger partial charge in [0.25, 0.3) is 5.91 Å². The Morgan fingerprint density at radius 1 is 1.32 bits per heavy atom.